The number of amides is 1. The quantitative estimate of drug-likeness (QED) is 0.201. The van der Waals surface area contributed by atoms with Crippen LogP contribution in [0, 0.1) is 36.5 Å². The number of aliphatic carboxylic acids is 1. The third-order valence-corrected chi connectivity index (χ3v) is 11.1. The second-order valence-electron chi connectivity index (χ2n) is 13.1. The molecule has 2 fully saturated rings. The molecule has 0 atom stereocenters. The third kappa shape index (κ3) is 4.61. The van der Waals surface area contributed by atoms with Gasteiger partial charge in [0.2, 0.25) is 12.3 Å². The minimum atomic E-state index is -0.688. The van der Waals surface area contributed by atoms with Crippen LogP contribution >= 0.6 is 11.3 Å². The highest BCUT2D eigenvalue weighted by molar-refractivity contribution is 7.15. The molecular weight excluding hydrogens is 598 g/mol. The fraction of sp³-hybridized carbons (Fsp3) is 0.306. The zero-order valence-electron chi connectivity index (χ0n) is 25.5. The number of hydrogen-bond donors (Lipinski definition) is 1. The van der Waals surface area contributed by atoms with Crippen molar-refractivity contribution in [1.82, 2.24) is 19.8 Å². The Bertz CT molecular complexity index is 2090. The SMILES string of the molecule is Cc1c(-c2nc3cc(CN4CC5(CC(C(=O)O)C5)C4)cc(C#N)c3o2)cccc1-c1cccc(-c2nc3c(s2)CN(C=O)C3)c1C. The molecule has 0 bridgehead atoms. The molecule has 3 aliphatic rings. The number of likely N-dealkylation sites (tertiary alicyclic amines) is 1. The van der Waals surface area contributed by atoms with Crippen LogP contribution in [0.2, 0.25) is 0 Å². The maximum Gasteiger partial charge on any atom is 0.306 e. The number of benzene rings is 3. The topological polar surface area (TPSA) is 124 Å². The Morgan fingerprint density at radius 3 is 2.43 bits per heavy atom. The van der Waals surface area contributed by atoms with Gasteiger partial charge >= 0.3 is 5.97 Å². The van der Waals surface area contributed by atoms with Gasteiger partial charge in [0.1, 0.15) is 16.6 Å². The molecule has 46 heavy (non-hydrogen) atoms. The van der Waals surface area contributed by atoms with Crippen molar-refractivity contribution in [2.24, 2.45) is 11.3 Å². The number of thiazole rings is 1. The molecule has 0 radical (unpaired) electrons. The number of nitrogens with zero attached hydrogens (tertiary/aromatic N) is 5. The molecule has 1 saturated carbocycles. The molecule has 8 rings (SSSR count). The number of carbonyl (C=O) groups excluding carboxylic acids is 1. The van der Waals surface area contributed by atoms with Crippen LogP contribution in [0.15, 0.2) is 52.9 Å². The van der Waals surface area contributed by atoms with Gasteiger partial charge in [-0.05, 0) is 78.1 Å². The van der Waals surface area contributed by atoms with Crippen molar-refractivity contribution in [3.8, 4) is 39.2 Å². The van der Waals surface area contributed by atoms with E-state index < -0.39 is 5.97 Å². The highest BCUT2D eigenvalue weighted by atomic mass is 32.1. The first kappa shape index (κ1) is 28.6. The van der Waals surface area contributed by atoms with E-state index in [0.29, 0.717) is 42.2 Å². The monoisotopic (exact) mass is 629 g/mol. The van der Waals surface area contributed by atoms with E-state index in [4.69, 9.17) is 14.4 Å². The van der Waals surface area contributed by atoms with Crippen molar-refractivity contribution < 1.29 is 19.1 Å². The Morgan fingerprint density at radius 1 is 1.07 bits per heavy atom. The predicted molar refractivity (Wildman–Crippen MR) is 174 cm³/mol. The van der Waals surface area contributed by atoms with Gasteiger partial charge in [0.15, 0.2) is 5.58 Å². The molecule has 0 unspecified atom stereocenters. The van der Waals surface area contributed by atoms with E-state index in [2.05, 4.69) is 49.1 Å². The number of carbonyl (C=O) groups is 2. The maximum atomic E-state index is 11.2. The van der Waals surface area contributed by atoms with Crippen LogP contribution in [-0.2, 0) is 29.2 Å². The normalized spacial score (nSPS) is 17.1. The summed E-state index contributed by atoms with van der Waals surface area (Å²) in [5.41, 5.74) is 10.0. The molecule has 1 amide bonds. The lowest BCUT2D eigenvalue weighted by Gasteiger charge is -2.58. The fourth-order valence-corrected chi connectivity index (χ4v) is 8.82. The number of nitriles is 1. The van der Waals surface area contributed by atoms with E-state index >= 15 is 0 Å². The molecule has 9 nitrogen and oxygen atoms in total. The van der Waals surface area contributed by atoms with Gasteiger partial charge in [0.05, 0.1) is 30.3 Å². The molecule has 1 N–H and O–H groups in total. The van der Waals surface area contributed by atoms with Gasteiger partial charge in [-0.25, -0.2) is 9.97 Å². The van der Waals surface area contributed by atoms with Crippen molar-refractivity contribution in [2.45, 2.75) is 46.3 Å². The van der Waals surface area contributed by atoms with Crippen molar-refractivity contribution >= 4 is 34.8 Å². The lowest BCUT2D eigenvalue weighted by atomic mass is 9.57. The summed E-state index contributed by atoms with van der Waals surface area (Å²) in [5, 5.41) is 20.2. The van der Waals surface area contributed by atoms with Gasteiger partial charge in [-0.1, -0.05) is 30.3 Å². The molecule has 10 heteroatoms. The number of fused-ring (bicyclic) bond motifs is 2. The number of aromatic nitrogens is 2. The van der Waals surface area contributed by atoms with E-state index in [1.54, 1.807) is 16.2 Å². The van der Waals surface area contributed by atoms with Crippen LogP contribution in [0.1, 0.15) is 45.7 Å². The summed E-state index contributed by atoms with van der Waals surface area (Å²) in [4.78, 5) is 37.4. The maximum absolute atomic E-state index is 11.2. The summed E-state index contributed by atoms with van der Waals surface area (Å²) < 4.78 is 6.28. The number of carboxylic acid groups (broad SMARTS) is 1. The van der Waals surface area contributed by atoms with E-state index in [1.165, 1.54) is 0 Å². The summed E-state index contributed by atoms with van der Waals surface area (Å²) in [5.74, 6) is -0.417. The standard InChI is InChI=1S/C36H31N5O4S/c1-20-25(26-6-4-8-28(21(26)2)34-39-30-15-40(19-42)16-31(30)46-34)5-3-7-27(20)33-38-29-10-22(9-23(13-37)32(29)45-33)14-41-17-36(18-41)11-24(12-36)35(43)44/h3-10,19,24H,11-12,14-18H2,1-2H3,(H,43,44). The van der Waals surface area contributed by atoms with Gasteiger partial charge in [-0.2, -0.15) is 5.26 Å². The van der Waals surface area contributed by atoms with Crippen LogP contribution in [0.3, 0.4) is 0 Å². The van der Waals surface area contributed by atoms with Crippen LogP contribution in [0.5, 0.6) is 0 Å². The average Bonchev–Trinajstić information content (AvgIpc) is 3.71. The molecule has 2 aliphatic heterocycles. The van der Waals surface area contributed by atoms with E-state index in [9.17, 15) is 20.0 Å². The van der Waals surface area contributed by atoms with Crippen LogP contribution in [-0.4, -0.2) is 50.3 Å². The van der Waals surface area contributed by atoms with Crippen LogP contribution in [0.25, 0.3) is 44.3 Å². The van der Waals surface area contributed by atoms with E-state index in [1.807, 2.05) is 24.3 Å². The molecular formula is C36H31N5O4S. The van der Waals surface area contributed by atoms with Gasteiger partial charge in [0, 0.05) is 35.6 Å². The largest absolute Gasteiger partial charge is 0.481 e. The second kappa shape index (κ2) is 10.6. The lowest BCUT2D eigenvalue weighted by Crippen LogP contribution is -2.62. The number of carboxylic acids is 1. The molecule has 5 aromatic rings. The summed E-state index contributed by atoms with van der Waals surface area (Å²) in [6, 6.07) is 18.6. The first-order chi connectivity index (χ1) is 22.2. The number of rotatable bonds is 7. The van der Waals surface area contributed by atoms with Crippen molar-refractivity contribution in [1.29, 1.82) is 5.26 Å². The van der Waals surface area contributed by atoms with Crippen molar-refractivity contribution in [3.63, 3.8) is 0 Å². The van der Waals surface area contributed by atoms with Crippen LogP contribution < -0.4 is 0 Å². The molecule has 1 spiro atoms. The summed E-state index contributed by atoms with van der Waals surface area (Å²) in [7, 11) is 0. The second-order valence-corrected chi connectivity index (χ2v) is 14.2. The molecule has 3 aromatic carbocycles. The Balaban J connectivity index is 1.07. The van der Waals surface area contributed by atoms with E-state index in [0.717, 1.165) is 86.9 Å². The summed E-state index contributed by atoms with van der Waals surface area (Å²) >= 11 is 1.65. The minimum absolute atomic E-state index is 0.145. The van der Waals surface area contributed by atoms with Crippen LogP contribution in [0.4, 0.5) is 0 Å². The minimum Gasteiger partial charge on any atom is -0.481 e. The lowest BCUT2D eigenvalue weighted by molar-refractivity contribution is -0.161. The van der Waals surface area contributed by atoms with E-state index in [-0.39, 0.29) is 11.3 Å². The van der Waals surface area contributed by atoms with Crippen molar-refractivity contribution in [3.05, 3.63) is 81.4 Å². The highest BCUT2D eigenvalue weighted by Gasteiger charge is 2.54. The highest BCUT2D eigenvalue weighted by Crippen LogP contribution is 2.52. The molecule has 230 valence electrons. The van der Waals surface area contributed by atoms with Gasteiger partial charge < -0.3 is 14.4 Å². The Morgan fingerprint density at radius 2 is 1.76 bits per heavy atom. The Kier molecular flexibility index (Phi) is 6.60. The van der Waals surface area contributed by atoms with Gasteiger partial charge in [-0.15, -0.1) is 11.3 Å². The Labute approximate surface area is 269 Å². The average molecular weight is 630 g/mol. The van der Waals surface area contributed by atoms with Crippen molar-refractivity contribution in [2.75, 3.05) is 13.1 Å². The number of oxazole rings is 1. The first-order valence-electron chi connectivity index (χ1n) is 15.4. The molecule has 2 aromatic heterocycles. The smallest absolute Gasteiger partial charge is 0.306 e. The third-order valence-electron chi connectivity index (χ3n) is 9.95. The zero-order valence-corrected chi connectivity index (χ0v) is 26.4. The Hall–Kier alpha value is -4.85. The number of hydrogen-bond acceptors (Lipinski definition) is 8. The van der Waals surface area contributed by atoms with Gasteiger partial charge in [0.25, 0.3) is 0 Å². The first-order valence-corrected chi connectivity index (χ1v) is 16.2. The molecule has 1 aliphatic carbocycles. The van der Waals surface area contributed by atoms with Gasteiger partial charge in [-0.3, -0.25) is 14.5 Å². The fourth-order valence-electron chi connectivity index (χ4n) is 7.64. The molecule has 4 heterocycles. The zero-order chi connectivity index (χ0) is 31.7. The summed E-state index contributed by atoms with van der Waals surface area (Å²) in [6.45, 7) is 7.83. The predicted octanol–water partition coefficient (Wildman–Crippen LogP) is 6.54. The summed E-state index contributed by atoms with van der Waals surface area (Å²) in [6.07, 6.45) is 2.39. The molecule has 1 saturated heterocycles.